The van der Waals surface area contributed by atoms with Crippen molar-refractivity contribution in [1.82, 2.24) is 0 Å². The van der Waals surface area contributed by atoms with Gasteiger partial charge < -0.3 is 10.5 Å². The number of nitrogens with two attached hydrogens (primary N) is 1. The summed E-state index contributed by atoms with van der Waals surface area (Å²) >= 11 is 0. The summed E-state index contributed by atoms with van der Waals surface area (Å²) in [6.07, 6.45) is 1.98. The molecule has 0 aromatic heterocycles. The van der Waals surface area contributed by atoms with Gasteiger partial charge >= 0.3 is 5.97 Å². The first-order valence-electron chi connectivity index (χ1n) is 4.89. The number of hydrogen-bond acceptors (Lipinski definition) is 3. The van der Waals surface area contributed by atoms with Crippen molar-refractivity contribution in [3.63, 3.8) is 0 Å². The number of allylic oxidation sites excluding steroid dienone is 1. The molecule has 0 saturated carbocycles. The van der Waals surface area contributed by atoms with E-state index in [9.17, 15) is 4.79 Å². The molecule has 0 atom stereocenters. The van der Waals surface area contributed by atoms with E-state index in [0.717, 1.165) is 5.56 Å². The standard InChI is InChI=1S/C12H15NO2/c1-2-11(13)8-12(14)15-9-10-6-4-3-5-7-10/h3-8H,2,9,13H2,1H3/b11-8-. The SMILES string of the molecule is CC/C(N)=C/C(=O)OCc1ccccc1. The molecule has 0 heterocycles. The van der Waals surface area contributed by atoms with Crippen LogP contribution in [0.3, 0.4) is 0 Å². The van der Waals surface area contributed by atoms with Crippen LogP contribution in [0.4, 0.5) is 0 Å². The van der Waals surface area contributed by atoms with Gasteiger partial charge in [0.2, 0.25) is 0 Å². The van der Waals surface area contributed by atoms with E-state index < -0.39 is 5.97 Å². The maximum atomic E-state index is 11.2. The summed E-state index contributed by atoms with van der Waals surface area (Å²) < 4.78 is 5.01. The predicted molar refractivity (Wildman–Crippen MR) is 58.8 cm³/mol. The highest BCUT2D eigenvalue weighted by Crippen LogP contribution is 2.01. The van der Waals surface area contributed by atoms with Gasteiger partial charge in [-0.1, -0.05) is 37.3 Å². The lowest BCUT2D eigenvalue weighted by atomic mass is 10.2. The molecule has 0 spiro atoms. The Bertz CT molecular complexity index is 344. The zero-order chi connectivity index (χ0) is 11.1. The molecule has 0 bridgehead atoms. The largest absolute Gasteiger partial charge is 0.458 e. The second kappa shape index (κ2) is 5.86. The molecule has 0 saturated heterocycles. The van der Waals surface area contributed by atoms with Gasteiger partial charge in [-0.05, 0) is 12.0 Å². The van der Waals surface area contributed by atoms with Gasteiger partial charge in [0.25, 0.3) is 0 Å². The fourth-order valence-corrected chi connectivity index (χ4v) is 1.02. The normalized spacial score (nSPS) is 11.1. The smallest absolute Gasteiger partial charge is 0.332 e. The first-order valence-corrected chi connectivity index (χ1v) is 4.89. The number of hydrogen-bond donors (Lipinski definition) is 1. The second-order valence-corrected chi connectivity index (χ2v) is 3.17. The van der Waals surface area contributed by atoms with Gasteiger partial charge in [-0.25, -0.2) is 4.79 Å². The Kier molecular flexibility index (Phi) is 4.41. The van der Waals surface area contributed by atoms with Crippen molar-refractivity contribution in [3.05, 3.63) is 47.7 Å². The van der Waals surface area contributed by atoms with Gasteiger partial charge in [0, 0.05) is 11.8 Å². The van der Waals surface area contributed by atoms with Crippen LogP contribution in [0.15, 0.2) is 42.1 Å². The van der Waals surface area contributed by atoms with Crippen LogP contribution < -0.4 is 5.73 Å². The molecule has 15 heavy (non-hydrogen) atoms. The molecule has 0 unspecified atom stereocenters. The number of ether oxygens (including phenoxy) is 1. The highest BCUT2D eigenvalue weighted by molar-refractivity contribution is 5.82. The lowest BCUT2D eigenvalue weighted by Gasteiger charge is -2.02. The molecular formula is C12H15NO2. The summed E-state index contributed by atoms with van der Waals surface area (Å²) in [5.41, 5.74) is 7.01. The van der Waals surface area contributed by atoms with Crippen LogP contribution in [0.1, 0.15) is 18.9 Å². The maximum absolute atomic E-state index is 11.2. The summed E-state index contributed by atoms with van der Waals surface area (Å²) in [6.45, 7) is 2.17. The van der Waals surface area contributed by atoms with Gasteiger partial charge in [-0.2, -0.15) is 0 Å². The molecule has 0 fully saturated rings. The van der Waals surface area contributed by atoms with E-state index >= 15 is 0 Å². The first kappa shape index (κ1) is 11.3. The lowest BCUT2D eigenvalue weighted by molar-refractivity contribution is -0.139. The molecule has 3 nitrogen and oxygen atoms in total. The van der Waals surface area contributed by atoms with Crippen LogP contribution in [0.5, 0.6) is 0 Å². The number of carbonyl (C=O) groups is 1. The van der Waals surface area contributed by atoms with Gasteiger partial charge in [0.05, 0.1) is 0 Å². The van der Waals surface area contributed by atoms with Crippen LogP contribution in [0.25, 0.3) is 0 Å². The molecule has 0 aliphatic heterocycles. The van der Waals surface area contributed by atoms with Crippen LogP contribution in [-0.4, -0.2) is 5.97 Å². The third-order valence-corrected chi connectivity index (χ3v) is 1.94. The Morgan fingerprint density at radius 2 is 2.07 bits per heavy atom. The molecule has 1 aromatic carbocycles. The molecule has 80 valence electrons. The monoisotopic (exact) mass is 205 g/mol. The van der Waals surface area contributed by atoms with Crippen molar-refractivity contribution in [3.8, 4) is 0 Å². The summed E-state index contributed by atoms with van der Waals surface area (Å²) in [4.78, 5) is 11.2. The molecule has 0 amide bonds. The van der Waals surface area contributed by atoms with E-state index in [4.69, 9.17) is 10.5 Å². The zero-order valence-electron chi connectivity index (χ0n) is 8.77. The van der Waals surface area contributed by atoms with Gasteiger partial charge in [-0.3, -0.25) is 0 Å². The number of esters is 1. The van der Waals surface area contributed by atoms with E-state index in [1.54, 1.807) is 0 Å². The van der Waals surface area contributed by atoms with E-state index in [0.29, 0.717) is 12.1 Å². The molecule has 2 N–H and O–H groups in total. The average molecular weight is 205 g/mol. The summed E-state index contributed by atoms with van der Waals surface area (Å²) in [6, 6.07) is 9.53. The van der Waals surface area contributed by atoms with Crippen molar-refractivity contribution in [2.24, 2.45) is 5.73 Å². The van der Waals surface area contributed by atoms with Gasteiger partial charge in [0.15, 0.2) is 0 Å². The van der Waals surface area contributed by atoms with Crippen LogP contribution in [-0.2, 0) is 16.1 Å². The van der Waals surface area contributed by atoms with Crippen molar-refractivity contribution >= 4 is 5.97 Å². The highest BCUT2D eigenvalue weighted by Gasteiger charge is 1.99. The van der Waals surface area contributed by atoms with E-state index in [1.165, 1.54) is 6.08 Å². The Labute approximate surface area is 89.5 Å². The van der Waals surface area contributed by atoms with Crippen LogP contribution in [0, 0.1) is 0 Å². The fourth-order valence-electron chi connectivity index (χ4n) is 1.02. The molecule has 1 rings (SSSR count). The minimum Gasteiger partial charge on any atom is -0.458 e. The fraction of sp³-hybridized carbons (Fsp3) is 0.250. The third-order valence-electron chi connectivity index (χ3n) is 1.94. The Balaban J connectivity index is 2.41. The average Bonchev–Trinajstić information content (AvgIpc) is 2.27. The topological polar surface area (TPSA) is 52.3 Å². The Hall–Kier alpha value is -1.77. The predicted octanol–water partition coefficient (Wildman–Crippen LogP) is 1.98. The molecule has 3 heteroatoms. The van der Waals surface area contributed by atoms with Gasteiger partial charge in [-0.15, -0.1) is 0 Å². The quantitative estimate of drug-likeness (QED) is 0.604. The van der Waals surface area contributed by atoms with Crippen LogP contribution in [0.2, 0.25) is 0 Å². The summed E-state index contributed by atoms with van der Waals surface area (Å²) in [5, 5.41) is 0. The zero-order valence-corrected chi connectivity index (χ0v) is 8.77. The Morgan fingerprint density at radius 1 is 1.40 bits per heavy atom. The van der Waals surface area contributed by atoms with Crippen molar-refractivity contribution in [2.45, 2.75) is 20.0 Å². The first-order chi connectivity index (χ1) is 7.22. The summed E-state index contributed by atoms with van der Waals surface area (Å²) in [7, 11) is 0. The lowest BCUT2D eigenvalue weighted by Crippen LogP contribution is -2.05. The van der Waals surface area contributed by atoms with Crippen LogP contribution >= 0.6 is 0 Å². The molecule has 0 aliphatic rings. The summed E-state index contributed by atoms with van der Waals surface area (Å²) in [5.74, 6) is -0.391. The number of carbonyl (C=O) groups excluding carboxylic acids is 1. The molecular weight excluding hydrogens is 190 g/mol. The Morgan fingerprint density at radius 3 is 2.67 bits per heavy atom. The van der Waals surface area contributed by atoms with Gasteiger partial charge in [0.1, 0.15) is 6.61 Å². The van der Waals surface area contributed by atoms with E-state index in [-0.39, 0.29) is 6.61 Å². The molecule has 0 radical (unpaired) electrons. The maximum Gasteiger partial charge on any atom is 0.332 e. The number of benzene rings is 1. The minimum absolute atomic E-state index is 0.285. The minimum atomic E-state index is -0.391. The van der Waals surface area contributed by atoms with E-state index in [1.807, 2.05) is 37.3 Å². The van der Waals surface area contributed by atoms with E-state index in [2.05, 4.69) is 0 Å². The third kappa shape index (κ3) is 4.31. The highest BCUT2D eigenvalue weighted by atomic mass is 16.5. The molecule has 1 aromatic rings. The van der Waals surface area contributed by atoms with Crippen molar-refractivity contribution < 1.29 is 9.53 Å². The van der Waals surface area contributed by atoms with Crippen molar-refractivity contribution in [2.75, 3.05) is 0 Å². The second-order valence-electron chi connectivity index (χ2n) is 3.17. The molecule has 0 aliphatic carbocycles. The van der Waals surface area contributed by atoms with Crippen molar-refractivity contribution in [1.29, 1.82) is 0 Å². The number of rotatable bonds is 4.